The van der Waals surface area contributed by atoms with E-state index in [0.717, 1.165) is 0 Å². The fourth-order valence-corrected chi connectivity index (χ4v) is 1.60. The summed E-state index contributed by atoms with van der Waals surface area (Å²) in [5.41, 5.74) is 6.03. The quantitative estimate of drug-likeness (QED) is 0.378. The molecule has 0 radical (unpaired) electrons. The van der Waals surface area contributed by atoms with Crippen molar-refractivity contribution >= 4 is 22.5 Å². The van der Waals surface area contributed by atoms with Gasteiger partial charge in [-0.05, 0) is 25.1 Å². The van der Waals surface area contributed by atoms with Gasteiger partial charge in [0, 0.05) is 5.39 Å². The van der Waals surface area contributed by atoms with E-state index in [9.17, 15) is 5.11 Å². The number of nitrogens with one attached hydrogen (secondary N) is 2. The molecule has 0 unspecified atom stereocenters. The van der Waals surface area contributed by atoms with Crippen LogP contribution in [-0.4, -0.2) is 22.7 Å². The predicted molar refractivity (Wildman–Crippen MR) is 67.6 cm³/mol. The number of benzene rings is 1. The Balaban J connectivity index is 2.53. The van der Waals surface area contributed by atoms with E-state index in [2.05, 4.69) is 15.2 Å². The number of aromatic amines is 1. The third-order valence-electron chi connectivity index (χ3n) is 2.29. The lowest BCUT2D eigenvalue weighted by Crippen LogP contribution is -2.03. The first-order chi connectivity index (χ1) is 8.61. The van der Waals surface area contributed by atoms with Crippen LogP contribution in [0.1, 0.15) is 6.92 Å². The van der Waals surface area contributed by atoms with E-state index in [1.165, 1.54) is 0 Å². The Morgan fingerprint density at radius 3 is 3.00 bits per heavy atom. The zero-order valence-corrected chi connectivity index (χ0v) is 9.77. The van der Waals surface area contributed by atoms with E-state index < -0.39 is 5.96 Å². The standard InChI is InChI=1S/C11H13N5O2/c1-2-18-6-3-4-8-7(5-6)9(10(17)14-8)15-16-11(12)13/h3-5,14,17H,2H2,1H3,(H3,12,13). The number of rotatable bonds is 3. The number of guanidine groups is 1. The van der Waals surface area contributed by atoms with E-state index in [0.29, 0.717) is 23.3 Å². The first-order valence-electron chi connectivity index (χ1n) is 5.35. The highest BCUT2D eigenvalue weighted by Crippen LogP contribution is 2.37. The molecule has 5 N–H and O–H groups in total. The zero-order valence-electron chi connectivity index (χ0n) is 9.77. The molecule has 0 saturated carbocycles. The molecular weight excluding hydrogens is 234 g/mol. The maximum absolute atomic E-state index is 9.71. The molecule has 0 atom stereocenters. The minimum atomic E-state index is -0.426. The van der Waals surface area contributed by atoms with Crippen LogP contribution in [0.15, 0.2) is 28.4 Å². The van der Waals surface area contributed by atoms with Gasteiger partial charge in [-0.25, -0.2) is 0 Å². The summed E-state index contributed by atoms with van der Waals surface area (Å²) >= 11 is 0. The molecule has 0 aliphatic carbocycles. The molecule has 94 valence electrons. The Labute approximate surface area is 103 Å². The van der Waals surface area contributed by atoms with Crippen molar-refractivity contribution in [3.05, 3.63) is 18.2 Å². The lowest BCUT2D eigenvalue weighted by Gasteiger charge is -2.02. The van der Waals surface area contributed by atoms with Gasteiger partial charge in [0.15, 0.2) is 5.69 Å². The fraction of sp³-hybridized carbons (Fsp3) is 0.182. The molecule has 0 saturated heterocycles. The summed E-state index contributed by atoms with van der Waals surface area (Å²) in [7, 11) is 0. The van der Waals surface area contributed by atoms with Gasteiger partial charge in [-0.2, -0.15) is 0 Å². The summed E-state index contributed by atoms with van der Waals surface area (Å²) in [6, 6.07) is 5.30. The van der Waals surface area contributed by atoms with Crippen molar-refractivity contribution in [2.45, 2.75) is 6.92 Å². The Bertz CT molecular complexity index is 617. The molecule has 0 spiro atoms. The van der Waals surface area contributed by atoms with Gasteiger partial charge in [-0.15, -0.1) is 10.2 Å². The number of fused-ring (bicyclic) bond motifs is 1. The number of H-pyrrole nitrogens is 1. The smallest absolute Gasteiger partial charge is 0.232 e. The van der Waals surface area contributed by atoms with Crippen LogP contribution in [0.4, 0.5) is 5.69 Å². The number of nitrogens with zero attached hydrogens (tertiary/aromatic N) is 2. The summed E-state index contributed by atoms with van der Waals surface area (Å²) < 4.78 is 5.37. The highest BCUT2D eigenvalue weighted by atomic mass is 16.5. The third kappa shape index (κ3) is 2.24. The van der Waals surface area contributed by atoms with E-state index in [-0.39, 0.29) is 11.6 Å². The monoisotopic (exact) mass is 247 g/mol. The van der Waals surface area contributed by atoms with E-state index >= 15 is 0 Å². The summed E-state index contributed by atoms with van der Waals surface area (Å²) in [6.45, 7) is 2.43. The minimum absolute atomic E-state index is 0.122. The molecule has 0 aliphatic heterocycles. The van der Waals surface area contributed by atoms with Crippen LogP contribution < -0.4 is 10.5 Å². The van der Waals surface area contributed by atoms with Crippen molar-refractivity contribution in [2.75, 3.05) is 6.61 Å². The summed E-state index contributed by atoms with van der Waals surface area (Å²) in [5, 5.41) is 24.5. The van der Waals surface area contributed by atoms with Gasteiger partial charge < -0.3 is 20.6 Å². The number of hydrogen-bond acceptors (Lipinski definition) is 4. The first kappa shape index (κ1) is 11.9. The number of nitrogens with two attached hydrogens (primary N) is 1. The van der Waals surface area contributed by atoms with E-state index in [1.54, 1.807) is 18.2 Å². The maximum atomic E-state index is 9.71. The molecular formula is C11H13N5O2. The topological polar surface area (TPSA) is 120 Å². The highest BCUT2D eigenvalue weighted by Gasteiger charge is 2.11. The van der Waals surface area contributed by atoms with Gasteiger partial charge in [0.05, 0.1) is 12.1 Å². The largest absolute Gasteiger partial charge is 0.494 e. The van der Waals surface area contributed by atoms with Crippen LogP contribution in [0.5, 0.6) is 11.6 Å². The van der Waals surface area contributed by atoms with Crippen molar-refractivity contribution in [1.29, 1.82) is 5.41 Å². The summed E-state index contributed by atoms with van der Waals surface area (Å²) in [4.78, 5) is 2.76. The number of hydrogen-bond donors (Lipinski definition) is 4. The fourth-order valence-electron chi connectivity index (χ4n) is 1.60. The minimum Gasteiger partial charge on any atom is -0.494 e. The van der Waals surface area contributed by atoms with Crippen LogP contribution >= 0.6 is 0 Å². The van der Waals surface area contributed by atoms with Gasteiger partial charge in [0.2, 0.25) is 11.8 Å². The van der Waals surface area contributed by atoms with Crippen LogP contribution in [0.25, 0.3) is 10.9 Å². The second-order valence-corrected chi connectivity index (χ2v) is 3.55. The molecule has 18 heavy (non-hydrogen) atoms. The average molecular weight is 247 g/mol. The average Bonchev–Trinajstić information content (AvgIpc) is 2.62. The van der Waals surface area contributed by atoms with Gasteiger partial charge in [0.1, 0.15) is 5.75 Å². The SMILES string of the molecule is CCOc1ccc2[nH]c(O)c(N=NC(=N)N)c2c1. The molecule has 7 nitrogen and oxygen atoms in total. The number of ether oxygens (including phenoxy) is 1. The van der Waals surface area contributed by atoms with E-state index in [4.69, 9.17) is 15.9 Å². The Morgan fingerprint density at radius 2 is 2.33 bits per heavy atom. The first-order valence-corrected chi connectivity index (χ1v) is 5.35. The summed E-state index contributed by atoms with van der Waals surface area (Å²) in [6.07, 6.45) is 0. The number of aromatic hydroxyl groups is 1. The second-order valence-electron chi connectivity index (χ2n) is 3.55. The molecule has 0 fully saturated rings. The van der Waals surface area contributed by atoms with Crippen molar-refractivity contribution in [1.82, 2.24) is 4.98 Å². The Morgan fingerprint density at radius 1 is 1.56 bits per heavy atom. The number of azo groups is 1. The Hall–Kier alpha value is -2.57. The second kappa shape index (κ2) is 4.74. The molecule has 1 aromatic carbocycles. The summed E-state index contributed by atoms with van der Waals surface area (Å²) in [5.74, 6) is 0.122. The van der Waals surface area contributed by atoms with E-state index in [1.807, 2.05) is 6.92 Å². The molecule has 1 heterocycles. The molecule has 0 bridgehead atoms. The van der Waals surface area contributed by atoms with Crippen LogP contribution in [-0.2, 0) is 0 Å². The molecule has 0 aliphatic rings. The molecule has 2 rings (SSSR count). The highest BCUT2D eigenvalue weighted by molar-refractivity contribution is 5.95. The lowest BCUT2D eigenvalue weighted by molar-refractivity contribution is 0.341. The van der Waals surface area contributed by atoms with Crippen LogP contribution in [0, 0.1) is 5.41 Å². The van der Waals surface area contributed by atoms with Crippen LogP contribution in [0.2, 0.25) is 0 Å². The van der Waals surface area contributed by atoms with Gasteiger partial charge in [-0.1, -0.05) is 0 Å². The zero-order chi connectivity index (χ0) is 13.1. The van der Waals surface area contributed by atoms with Crippen molar-refractivity contribution in [2.24, 2.45) is 16.0 Å². The third-order valence-corrected chi connectivity index (χ3v) is 2.29. The predicted octanol–water partition coefficient (Wildman–Crippen LogP) is 2.25. The molecule has 2 aromatic rings. The van der Waals surface area contributed by atoms with Gasteiger partial charge >= 0.3 is 0 Å². The van der Waals surface area contributed by atoms with Crippen molar-refractivity contribution in [3.8, 4) is 11.6 Å². The lowest BCUT2D eigenvalue weighted by atomic mass is 10.2. The van der Waals surface area contributed by atoms with Gasteiger partial charge in [0.25, 0.3) is 0 Å². The normalized spacial score (nSPS) is 11.2. The maximum Gasteiger partial charge on any atom is 0.232 e. The van der Waals surface area contributed by atoms with Crippen molar-refractivity contribution in [3.63, 3.8) is 0 Å². The van der Waals surface area contributed by atoms with Crippen molar-refractivity contribution < 1.29 is 9.84 Å². The molecule has 0 amide bonds. The number of aromatic nitrogens is 1. The Kier molecular flexibility index (Phi) is 3.13. The molecule has 1 aromatic heterocycles. The van der Waals surface area contributed by atoms with Crippen LogP contribution in [0.3, 0.4) is 0 Å². The molecule has 7 heteroatoms. The van der Waals surface area contributed by atoms with Gasteiger partial charge in [-0.3, -0.25) is 5.41 Å².